The van der Waals surface area contributed by atoms with E-state index in [0.717, 1.165) is 38.2 Å². The standard InChI is InChI=1S/C17H30N4O2.HI/c1-5-21(6-2)11-7-10-19-17(18)20-13-14-8-9-15(22-3)16(12-14)23-4;/h8-9,12H,5-7,10-11,13H2,1-4H3,(H3,18,19,20);1H. The van der Waals surface area contributed by atoms with Crippen LogP contribution in [-0.4, -0.2) is 51.3 Å². The second-order valence-corrected chi connectivity index (χ2v) is 5.20. The lowest BCUT2D eigenvalue weighted by molar-refractivity contribution is 0.300. The summed E-state index contributed by atoms with van der Waals surface area (Å²) in [6.07, 6.45) is 1.05. The first-order valence-corrected chi connectivity index (χ1v) is 8.11. The van der Waals surface area contributed by atoms with E-state index in [-0.39, 0.29) is 24.0 Å². The first-order chi connectivity index (χ1) is 11.1. The second kappa shape index (κ2) is 13.1. The molecule has 0 bridgehead atoms. The van der Waals surface area contributed by atoms with Crippen LogP contribution in [0.15, 0.2) is 23.2 Å². The number of methoxy groups -OCH3 is 2. The maximum Gasteiger partial charge on any atom is 0.188 e. The summed E-state index contributed by atoms with van der Waals surface area (Å²) in [5.41, 5.74) is 6.92. The molecular weight excluding hydrogens is 419 g/mol. The molecule has 3 N–H and O–H groups in total. The first-order valence-electron chi connectivity index (χ1n) is 8.11. The lowest BCUT2D eigenvalue weighted by Crippen LogP contribution is -2.34. The summed E-state index contributed by atoms with van der Waals surface area (Å²) in [6, 6.07) is 5.74. The predicted molar refractivity (Wildman–Crippen MR) is 111 cm³/mol. The van der Waals surface area contributed by atoms with Gasteiger partial charge in [0.05, 0.1) is 20.8 Å². The Morgan fingerprint density at radius 3 is 2.42 bits per heavy atom. The molecule has 0 radical (unpaired) electrons. The molecule has 24 heavy (non-hydrogen) atoms. The van der Waals surface area contributed by atoms with E-state index in [1.165, 1.54) is 0 Å². The van der Waals surface area contributed by atoms with Crippen LogP contribution in [-0.2, 0) is 6.54 Å². The minimum atomic E-state index is 0. The van der Waals surface area contributed by atoms with Crippen LogP contribution >= 0.6 is 24.0 Å². The summed E-state index contributed by atoms with van der Waals surface area (Å²) in [4.78, 5) is 6.74. The van der Waals surface area contributed by atoms with Crippen molar-refractivity contribution in [2.75, 3.05) is 40.4 Å². The average Bonchev–Trinajstić information content (AvgIpc) is 2.59. The molecule has 0 heterocycles. The Kier molecular flexibility index (Phi) is 12.4. The zero-order valence-electron chi connectivity index (χ0n) is 15.2. The van der Waals surface area contributed by atoms with E-state index < -0.39 is 0 Å². The van der Waals surface area contributed by atoms with E-state index in [1.54, 1.807) is 14.2 Å². The van der Waals surface area contributed by atoms with Crippen LogP contribution < -0.4 is 20.5 Å². The van der Waals surface area contributed by atoms with E-state index in [9.17, 15) is 0 Å². The molecule has 0 aliphatic rings. The maximum absolute atomic E-state index is 5.90. The van der Waals surface area contributed by atoms with Crippen LogP contribution in [0.4, 0.5) is 0 Å². The van der Waals surface area contributed by atoms with E-state index in [2.05, 4.69) is 29.1 Å². The highest BCUT2D eigenvalue weighted by Crippen LogP contribution is 2.27. The highest BCUT2D eigenvalue weighted by molar-refractivity contribution is 14.0. The van der Waals surface area contributed by atoms with Crippen molar-refractivity contribution in [3.8, 4) is 11.5 Å². The molecule has 138 valence electrons. The lowest BCUT2D eigenvalue weighted by Gasteiger charge is -2.17. The number of ether oxygens (including phenoxy) is 2. The van der Waals surface area contributed by atoms with Gasteiger partial charge in [0.15, 0.2) is 17.5 Å². The molecule has 0 saturated heterocycles. The normalized spacial score (nSPS) is 11.1. The number of hydrogen-bond donors (Lipinski definition) is 2. The molecule has 0 aliphatic heterocycles. The Morgan fingerprint density at radius 1 is 1.17 bits per heavy atom. The number of halogens is 1. The molecule has 0 aromatic heterocycles. The van der Waals surface area contributed by atoms with E-state index in [4.69, 9.17) is 15.2 Å². The van der Waals surface area contributed by atoms with Gasteiger partial charge in [-0.25, -0.2) is 4.99 Å². The van der Waals surface area contributed by atoms with Crippen LogP contribution in [0, 0.1) is 0 Å². The van der Waals surface area contributed by atoms with Gasteiger partial charge in [-0.05, 0) is 43.8 Å². The third kappa shape index (κ3) is 8.05. The van der Waals surface area contributed by atoms with Crippen molar-refractivity contribution in [2.45, 2.75) is 26.8 Å². The van der Waals surface area contributed by atoms with Gasteiger partial charge in [-0.3, -0.25) is 0 Å². The Bertz CT molecular complexity index is 493. The number of aliphatic imine (C=N–C) groups is 1. The van der Waals surface area contributed by atoms with Gasteiger partial charge in [-0.15, -0.1) is 24.0 Å². The summed E-state index contributed by atoms with van der Waals surface area (Å²) in [6.45, 7) is 8.93. The van der Waals surface area contributed by atoms with Crippen LogP contribution in [0.2, 0.25) is 0 Å². The summed E-state index contributed by atoms with van der Waals surface area (Å²) in [5.74, 6) is 1.88. The van der Waals surface area contributed by atoms with Crippen LogP contribution in [0.1, 0.15) is 25.8 Å². The zero-order valence-corrected chi connectivity index (χ0v) is 17.5. The van der Waals surface area contributed by atoms with Crippen molar-refractivity contribution in [3.05, 3.63) is 23.8 Å². The van der Waals surface area contributed by atoms with Gasteiger partial charge in [0.25, 0.3) is 0 Å². The zero-order chi connectivity index (χ0) is 17.1. The van der Waals surface area contributed by atoms with Crippen LogP contribution in [0.3, 0.4) is 0 Å². The highest BCUT2D eigenvalue weighted by atomic mass is 127. The van der Waals surface area contributed by atoms with Crippen molar-refractivity contribution in [2.24, 2.45) is 10.7 Å². The third-order valence-electron chi connectivity index (χ3n) is 3.73. The summed E-state index contributed by atoms with van der Waals surface area (Å²) < 4.78 is 10.5. The van der Waals surface area contributed by atoms with Gasteiger partial charge in [-0.1, -0.05) is 19.9 Å². The first kappa shape index (κ1) is 22.8. The Hall–Kier alpha value is -1.22. The fourth-order valence-electron chi connectivity index (χ4n) is 2.27. The maximum atomic E-state index is 5.90. The SMILES string of the molecule is CCN(CC)CCCNC(N)=NCc1ccc(OC)c(OC)c1.I. The van der Waals surface area contributed by atoms with Crippen molar-refractivity contribution in [1.29, 1.82) is 0 Å². The van der Waals surface area contributed by atoms with Crippen molar-refractivity contribution in [1.82, 2.24) is 10.2 Å². The number of hydrogen-bond acceptors (Lipinski definition) is 4. The molecule has 0 atom stereocenters. The largest absolute Gasteiger partial charge is 0.493 e. The number of nitrogens with two attached hydrogens (primary N) is 1. The number of rotatable bonds is 10. The Labute approximate surface area is 162 Å². The number of guanidine groups is 1. The van der Waals surface area contributed by atoms with Crippen molar-refractivity contribution >= 4 is 29.9 Å². The predicted octanol–water partition coefficient (Wildman–Crippen LogP) is 2.46. The molecule has 0 amide bonds. The van der Waals surface area contributed by atoms with Gasteiger partial charge in [0.2, 0.25) is 0 Å². The highest BCUT2D eigenvalue weighted by Gasteiger charge is 2.04. The summed E-state index contributed by atoms with van der Waals surface area (Å²) in [5, 5.41) is 3.15. The smallest absolute Gasteiger partial charge is 0.188 e. The minimum absolute atomic E-state index is 0. The Morgan fingerprint density at radius 2 is 1.83 bits per heavy atom. The summed E-state index contributed by atoms with van der Waals surface area (Å²) in [7, 11) is 3.24. The van der Waals surface area contributed by atoms with Gasteiger partial charge in [0, 0.05) is 6.54 Å². The fraction of sp³-hybridized carbons (Fsp3) is 0.588. The van der Waals surface area contributed by atoms with Gasteiger partial charge in [0.1, 0.15) is 0 Å². The van der Waals surface area contributed by atoms with Crippen molar-refractivity contribution < 1.29 is 9.47 Å². The monoisotopic (exact) mass is 450 g/mol. The average molecular weight is 450 g/mol. The lowest BCUT2D eigenvalue weighted by atomic mass is 10.2. The molecule has 0 unspecified atom stereocenters. The number of benzene rings is 1. The number of nitrogens with zero attached hydrogens (tertiary/aromatic N) is 2. The molecule has 1 aromatic rings. The molecule has 0 saturated carbocycles. The van der Waals surface area contributed by atoms with Crippen molar-refractivity contribution in [3.63, 3.8) is 0 Å². The molecule has 0 spiro atoms. The third-order valence-corrected chi connectivity index (χ3v) is 3.73. The summed E-state index contributed by atoms with van der Waals surface area (Å²) >= 11 is 0. The van der Waals surface area contributed by atoms with E-state index >= 15 is 0 Å². The minimum Gasteiger partial charge on any atom is -0.493 e. The Balaban J connectivity index is 0.00000529. The molecule has 0 fully saturated rings. The molecule has 0 aliphatic carbocycles. The van der Waals surface area contributed by atoms with Gasteiger partial charge < -0.3 is 25.4 Å². The second-order valence-electron chi connectivity index (χ2n) is 5.20. The van der Waals surface area contributed by atoms with Crippen LogP contribution in [0.25, 0.3) is 0 Å². The molecule has 7 heteroatoms. The molecule has 6 nitrogen and oxygen atoms in total. The fourth-order valence-corrected chi connectivity index (χ4v) is 2.27. The molecule has 1 rings (SSSR count). The van der Waals surface area contributed by atoms with E-state index in [0.29, 0.717) is 24.0 Å². The molecule has 1 aromatic carbocycles. The molecular formula is C17H31IN4O2. The van der Waals surface area contributed by atoms with E-state index in [1.807, 2.05) is 18.2 Å². The topological polar surface area (TPSA) is 72.1 Å². The van der Waals surface area contributed by atoms with Crippen LogP contribution in [0.5, 0.6) is 11.5 Å². The van der Waals surface area contributed by atoms with Gasteiger partial charge >= 0.3 is 0 Å². The number of nitrogens with one attached hydrogen (secondary N) is 1. The quantitative estimate of drug-likeness (QED) is 0.248. The van der Waals surface area contributed by atoms with Gasteiger partial charge in [-0.2, -0.15) is 0 Å².